The highest BCUT2D eigenvalue weighted by Crippen LogP contribution is 2.29. The number of benzene rings is 1. The van der Waals surface area contributed by atoms with Crippen LogP contribution in [0.4, 0.5) is 0 Å². The van der Waals surface area contributed by atoms with Gasteiger partial charge in [0.05, 0.1) is 37.4 Å². The van der Waals surface area contributed by atoms with Crippen molar-refractivity contribution < 1.29 is 24.2 Å². The molecular weight excluding hydrogens is 366 g/mol. The molecule has 9 heteroatoms. The van der Waals surface area contributed by atoms with Crippen molar-refractivity contribution in [2.24, 2.45) is 5.92 Å². The van der Waals surface area contributed by atoms with Gasteiger partial charge in [0.2, 0.25) is 5.91 Å². The zero-order chi connectivity index (χ0) is 20.8. The summed E-state index contributed by atoms with van der Waals surface area (Å²) in [5.41, 5.74) is 0.267. The van der Waals surface area contributed by atoms with Gasteiger partial charge in [-0.2, -0.15) is 0 Å². The van der Waals surface area contributed by atoms with Gasteiger partial charge in [0.15, 0.2) is 11.5 Å². The summed E-state index contributed by atoms with van der Waals surface area (Å²) in [7, 11) is 4.58. The molecule has 0 fully saturated rings. The first kappa shape index (κ1) is 21.2. The molecule has 2 rings (SSSR count). The van der Waals surface area contributed by atoms with Crippen LogP contribution in [0.15, 0.2) is 23.3 Å². The molecular formula is C19H25N3O6. The van der Waals surface area contributed by atoms with E-state index in [1.165, 1.54) is 30.0 Å². The largest absolute Gasteiger partial charge is 0.493 e. The van der Waals surface area contributed by atoms with E-state index in [4.69, 9.17) is 14.6 Å². The number of aliphatic carboxylic acids is 1. The highest BCUT2D eigenvalue weighted by atomic mass is 16.5. The fourth-order valence-corrected chi connectivity index (χ4v) is 2.83. The number of aryl methyl sites for hydroxylation is 1. The van der Waals surface area contributed by atoms with Gasteiger partial charge in [-0.1, -0.05) is 6.92 Å². The van der Waals surface area contributed by atoms with Crippen LogP contribution in [0.5, 0.6) is 11.5 Å². The maximum Gasteiger partial charge on any atom is 0.308 e. The maximum absolute atomic E-state index is 12.7. The van der Waals surface area contributed by atoms with E-state index in [0.717, 1.165) is 0 Å². The van der Waals surface area contributed by atoms with Gasteiger partial charge >= 0.3 is 5.97 Å². The van der Waals surface area contributed by atoms with Crippen molar-refractivity contribution in [3.8, 4) is 11.5 Å². The van der Waals surface area contributed by atoms with Crippen LogP contribution in [0.3, 0.4) is 0 Å². The number of carboxylic acid groups (broad SMARTS) is 1. The van der Waals surface area contributed by atoms with Gasteiger partial charge in [0, 0.05) is 32.6 Å². The Hall–Kier alpha value is -3.10. The van der Waals surface area contributed by atoms with Gasteiger partial charge in [0.25, 0.3) is 5.56 Å². The van der Waals surface area contributed by atoms with Crippen molar-refractivity contribution in [2.45, 2.75) is 26.3 Å². The lowest BCUT2D eigenvalue weighted by atomic mass is 10.1. The number of carbonyl (C=O) groups is 2. The lowest BCUT2D eigenvalue weighted by Crippen LogP contribution is -2.33. The Morgan fingerprint density at radius 1 is 1.25 bits per heavy atom. The molecule has 1 atom stereocenters. The van der Waals surface area contributed by atoms with Gasteiger partial charge in [0.1, 0.15) is 0 Å². The number of methoxy groups -OCH3 is 2. The second-order valence-corrected chi connectivity index (χ2v) is 6.58. The molecule has 1 heterocycles. The molecule has 1 N–H and O–H groups in total. The summed E-state index contributed by atoms with van der Waals surface area (Å²) in [6.07, 6.45) is 2.08. The molecule has 1 aromatic carbocycles. The number of amides is 1. The second kappa shape index (κ2) is 9.20. The Morgan fingerprint density at radius 2 is 1.89 bits per heavy atom. The van der Waals surface area contributed by atoms with Crippen LogP contribution in [0.2, 0.25) is 0 Å². The highest BCUT2D eigenvalue weighted by molar-refractivity contribution is 5.81. The first-order valence-corrected chi connectivity index (χ1v) is 8.86. The molecule has 0 aliphatic rings. The molecule has 0 radical (unpaired) electrons. The Balaban J connectivity index is 2.06. The number of carbonyl (C=O) groups excluding carboxylic acids is 1. The number of aromatic nitrogens is 2. The van der Waals surface area contributed by atoms with Crippen LogP contribution in [0, 0.1) is 5.92 Å². The predicted molar refractivity (Wildman–Crippen MR) is 103 cm³/mol. The Kier molecular flexibility index (Phi) is 6.97. The summed E-state index contributed by atoms with van der Waals surface area (Å²) in [5, 5.41) is 9.33. The minimum absolute atomic E-state index is 0.146. The van der Waals surface area contributed by atoms with E-state index in [1.54, 1.807) is 26.1 Å². The number of hydrogen-bond donors (Lipinski definition) is 1. The molecule has 1 amide bonds. The molecule has 9 nitrogen and oxygen atoms in total. The monoisotopic (exact) mass is 391 g/mol. The van der Waals surface area contributed by atoms with Crippen LogP contribution in [-0.4, -0.2) is 59.2 Å². The van der Waals surface area contributed by atoms with E-state index < -0.39 is 11.9 Å². The van der Waals surface area contributed by atoms with Crippen molar-refractivity contribution >= 4 is 22.8 Å². The number of hydrogen-bond acceptors (Lipinski definition) is 6. The zero-order valence-electron chi connectivity index (χ0n) is 16.5. The molecule has 152 valence electrons. The van der Waals surface area contributed by atoms with Crippen LogP contribution in [0.25, 0.3) is 10.9 Å². The van der Waals surface area contributed by atoms with Crippen LogP contribution in [-0.2, 0) is 16.1 Å². The van der Waals surface area contributed by atoms with Gasteiger partial charge in [-0.05, 0) is 12.5 Å². The van der Waals surface area contributed by atoms with E-state index in [1.807, 2.05) is 0 Å². The second-order valence-electron chi connectivity index (χ2n) is 6.58. The molecule has 0 saturated heterocycles. The minimum Gasteiger partial charge on any atom is -0.493 e. The zero-order valence-corrected chi connectivity index (χ0v) is 16.5. The topological polar surface area (TPSA) is 111 Å². The summed E-state index contributed by atoms with van der Waals surface area (Å²) in [6.45, 7) is 2.02. The van der Waals surface area contributed by atoms with Crippen molar-refractivity contribution in [2.75, 3.05) is 27.8 Å². The van der Waals surface area contributed by atoms with E-state index in [9.17, 15) is 14.4 Å². The number of nitrogens with zero attached hydrogens (tertiary/aromatic N) is 3. The molecule has 2 aromatic rings. The van der Waals surface area contributed by atoms with E-state index in [2.05, 4.69) is 4.98 Å². The van der Waals surface area contributed by atoms with Gasteiger partial charge in [-0.25, -0.2) is 4.98 Å². The third-order valence-electron chi connectivity index (χ3n) is 4.51. The molecule has 1 aromatic heterocycles. The SMILES string of the molecule is COc1cc2ncn(CCCC(=O)N(C)CC(C)C(=O)O)c(=O)c2cc1OC. The first-order valence-electron chi connectivity index (χ1n) is 8.86. The van der Waals surface area contributed by atoms with E-state index in [0.29, 0.717) is 35.4 Å². The van der Waals surface area contributed by atoms with Gasteiger partial charge in [-0.3, -0.25) is 19.0 Å². The lowest BCUT2D eigenvalue weighted by molar-refractivity contribution is -0.142. The number of ether oxygens (including phenoxy) is 2. The van der Waals surface area contributed by atoms with Crippen molar-refractivity contribution in [1.82, 2.24) is 14.5 Å². The summed E-state index contributed by atoms with van der Waals surface area (Å²) in [4.78, 5) is 41.4. The molecule has 28 heavy (non-hydrogen) atoms. The predicted octanol–water partition coefficient (Wildman–Crippen LogP) is 1.37. The Bertz CT molecular complexity index is 924. The third kappa shape index (κ3) is 4.79. The average molecular weight is 391 g/mol. The standard InChI is InChI=1S/C19H25N3O6/c1-12(19(25)26)10-21(2)17(23)6-5-7-22-11-20-14-9-16(28-4)15(27-3)8-13(14)18(22)24/h8-9,11-12H,5-7,10H2,1-4H3,(H,25,26). The fourth-order valence-electron chi connectivity index (χ4n) is 2.83. The summed E-state index contributed by atoms with van der Waals surface area (Å²) in [5.74, 6) is -0.810. The van der Waals surface area contributed by atoms with Crippen LogP contribution >= 0.6 is 0 Å². The first-order chi connectivity index (χ1) is 13.3. The molecule has 0 saturated carbocycles. The smallest absolute Gasteiger partial charge is 0.308 e. The number of carboxylic acids is 1. The van der Waals surface area contributed by atoms with Gasteiger partial charge < -0.3 is 19.5 Å². The average Bonchev–Trinajstić information content (AvgIpc) is 2.68. The summed E-state index contributed by atoms with van der Waals surface area (Å²) < 4.78 is 11.9. The Morgan fingerprint density at radius 3 is 2.50 bits per heavy atom. The molecule has 0 aliphatic carbocycles. The highest BCUT2D eigenvalue weighted by Gasteiger charge is 2.17. The van der Waals surface area contributed by atoms with Crippen molar-refractivity contribution in [1.29, 1.82) is 0 Å². The minimum atomic E-state index is -0.944. The Labute approximate surface area is 162 Å². The van der Waals surface area contributed by atoms with E-state index in [-0.39, 0.29) is 24.4 Å². The van der Waals surface area contributed by atoms with E-state index >= 15 is 0 Å². The summed E-state index contributed by atoms with van der Waals surface area (Å²) >= 11 is 0. The molecule has 0 bridgehead atoms. The lowest BCUT2D eigenvalue weighted by Gasteiger charge is -2.19. The quantitative estimate of drug-likeness (QED) is 0.687. The van der Waals surface area contributed by atoms with Crippen molar-refractivity contribution in [3.05, 3.63) is 28.8 Å². The molecule has 0 spiro atoms. The van der Waals surface area contributed by atoms with Gasteiger partial charge in [-0.15, -0.1) is 0 Å². The number of fused-ring (bicyclic) bond motifs is 1. The van der Waals surface area contributed by atoms with Crippen LogP contribution in [0.1, 0.15) is 19.8 Å². The van der Waals surface area contributed by atoms with Crippen LogP contribution < -0.4 is 15.0 Å². The summed E-state index contributed by atoms with van der Waals surface area (Å²) in [6, 6.07) is 3.23. The number of rotatable bonds is 9. The molecule has 1 unspecified atom stereocenters. The molecule has 0 aliphatic heterocycles. The fraction of sp³-hybridized carbons (Fsp3) is 0.474. The normalized spacial score (nSPS) is 11.9. The maximum atomic E-state index is 12.7. The van der Waals surface area contributed by atoms with Crippen molar-refractivity contribution in [3.63, 3.8) is 0 Å². The third-order valence-corrected chi connectivity index (χ3v) is 4.51.